The van der Waals surface area contributed by atoms with Crippen LogP contribution in [0.15, 0.2) is 24.4 Å². The van der Waals surface area contributed by atoms with Gasteiger partial charge in [0.2, 0.25) is 0 Å². The monoisotopic (exact) mass is 245 g/mol. The minimum atomic E-state index is -0.271. The summed E-state index contributed by atoms with van der Waals surface area (Å²) >= 11 is 0. The molecule has 1 saturated heterocycles. The van der Waals surface area contributed by atoms with E-state index in [1.165, 1.54) is 0 Å². The van der Waals surface area contributed by atoms with Crippen molar-refractivity contribution in [2.45, 2.75) is 20.1 Å². The molecular weight excluding hydrogens is 230 g/mol. The number of ether oxygens (including phenoxy) is 2. The number of hydrogen-bond acceptors (Lipinski definition) is 4. The first kappa shape index (κ1) is 11.4. The van der Waals surface area contributed by atoms with Gasteiger partial charge >= 0.3 is 0 Å². The molecule has 0 spiro atoms. The molecule has 18 heavy (non-hydrogen) atoms. The lowest BCUT2D eigenvalue weighted by molar-refractivity contribution is -0.0443. The highest BCUT2D eigenvalue weighted by Gasteiger charge is 2.18. The summed E-state index contributed by atoms with van der Waals surface area (Å²) in [6.07, 6.45) is 1.51. The molecule has 1 aliphatic heterocycles. The second-order valence-electron chi connectivity index (χ2n) is 4.36. The van der Waals surface area contributed by atoms with Crippen LogP contribution in [0.1, 0.15) is 23.2 Å². The summed E-state index contributed by atoms with van der Waals surface area (Å²) in [6, 6.07) is 5.92. The van der Waals surface area contributed by atoms with Crippen LogP contribution in [0, 0.1) is 13.8 Å². The predicted molar refractivity (Wildman–Crippen MR) is 65.5 cm³/mol. The van der Waals surface area contributed by atoms with E-state index in [1.54, 1.807) is 6.20 Å². The fourth-order valence-corrected chi connectivity index (χ4v) is 2.07. The maximum Gasteiger partial charge on any atom is 0.185 e. The zero-order chi connectivity index (χ0) is 12.5. The van der Waals surface area contributed by atoms with Gasteiger partial charge in [0.1, 0.15) is 0 Å². The van der Waals surface area contributed by atoms with E-state index in [1.807, 2.05) is 36.7 Å². The van der Waals surface area contributed by atoms with Crippen molar-refractivity contribution in [3.63, 3.8) is 0 Å². The Bertz CT molecular complexity index is 542. The van der Waals surface area contributed by atoms with E-state index in [0.29, 0.717) is 13.2 Å². The van der Waals surface area contributed by atoms with Crippen molar-refractivity contribution in [3.05, 3.63) is 41.3 Å². The van der Waals surface area contributed by atoms with Crippen LogP contribution >= 0.6 is 0 Å². The molecule has 0 atom stereocenters. The third kappa shape index (κ3) is 2.02. The third-order valence-electron chi connectivity index (χ3n) is 2.89. The lowest BCUT2D eigenvalue weighted by atomic mass is 10.3. The fourth-order valence-electron chi connectivity index (χ4n) is 2.07. The normalized spacial score (nSPS) is 16.3. The second-order valence-corrected chi connectivity index (χ2v) is 4.36. The fraction of sp³-hybridized carbons (Fsp3) is 0.385. The van der Waals surface area contributed by atoms with Gasteiger partial charge < -0.3 is 9.47 Å². The number of aryl methyl sites for hydroxylation is 2. The van der Waals surface area contributed by atoms with E-state index in [9.17, 15) is 0 Å². The first-order valence-corrected chi connectivity index (χ1v) is 5.97. The molecule has 3 rings (SSSR count). The molecule has 0 saturated carbocycles. The highest BCUT2D eigenvalue weighted by atomic mass is 16.7. The molecule has 0 amide bonds. The Morgan fingerprint density at radius 3 is 2.56 bits per heavy atom. The molecule has 0 radical (unpaired) electrons. The summed E-state index contributed by atoms with van der Waals surface area (Å²) < 4.78 is 12.7. The minimum absolute atomic E-state index is 0.271. The second kappa shape index (κ2) is 4.51. The van der Waals surface area contributed by atoms with Crippen molar-refractivity contribution < 1.29 is 9.47 Å². The number of rotatable bonds is 2. The van der Waals surface area contributed by atoms with Crippen molar-refractivity contribution in [1.29, 1.82) is 0 Å². The van der Waals surface area contributed by atoms with E-state index >= 15 is 0 Å². The highest BCUT2D eigenvalue weighted by molar-refractivity contribution is 5.28. The van der Waals surface area contributed by atoms with Crippen molar-refractivity contribution in [3.8, 4) is 5.82 Å². The van der Waals surface area contributed by atoms with E-state index in [4.69, 9.17) is 9.47 Å². The topological polar surface area (TPSA) is 49.2 Å². The summed E-state index contributed by atoms with van der Waals surface area (Å²) in [5.74, 6) is 0.808. The van der Waals surface area contributed by atoms with Crippen LogP contribution < -0.4 is 0 Å². The van der Waals surface area contributed by atoms with Gasteiger partial charge in [-0.15, -0.1) is 0 Å². The molecule has 3 heterocycles. The molecule has 0 N–H and O–H groups in total. The Labute approximate surface area is 105 Å². The molecule has 1 fully saturated rings. The summed E-state index contributed by atoms with van der Waals surface area (Å²) in [5, 5.41) is 4.40. The number of aromatic nitrogens is 3. The van der Waals surface area contributed by atoms with E-state index in [-0.39, 0.29) is 6.29 Å². The molecule has 0 aliphatic carbocycles. The molecule has 1 aliphatic rings. The Balaban J connectivity index is 1.88. The zero-order valence-electron chi connectivity index (χ0n) is 10.5. The Morgan fingerprint density at radius 2 is 2.00 bits per heavy atom. The highest BCUT2D eigenvalue weighted by Crippen LogP contribution is 2.23. The average Bonchev–Trinajstić information content (AvgIpc) is 2.99. The summed E-state index contributed by atoms with van der Waals surface area (Å²) in [7, 11) is 0. The minimum Gasteiger partial charge on any atom is -0.346 e. The SMILES string of the molecule is Cc1cc(C)n(-c2ccc(C3OCCO3)cn2)n1. The van der Waals surface area contributed by atoms with E-state index in [0.717, 1.165) is 22.8 Å². The number of hydrogen-bond donors (Lipinski definition) is 0. The van der Waals surface area contributed by atoms with E-state index < -0.39 is 0 Å². The standard InChI is InChI=1S/C13H15N3O2/c1-9-7-10(2)16(15-9)12-4-3-11(8-14-12)13-17-5-6-18-13/h3-4,7-8,13H,5-6H2,1-2H3. The molecule has 0 aromatic carbocycles. The average molecular weight is 245 g/mol. The molecule has 5 nitrogen and oxygen atoms in total. The van der Waals surface area contributed by atoms with Crippen LogP contribution in [0.2, 0.25) is 0 Å². The van der Waals surface area contributed by atoms with Gasteiger partial charge in [0.25, 0.3) is 0 Å². The quantitative estimate of drug-likeness (QED) is 0.811. The van der Waals surface area contributed by atoms with Crippen molar-refractivity contribution in [1.82, 2.24) is 14.8 Å². The Hall–Kier alpha value is -1.72. The van der Waals surface area contributed by atoms with E-state index in [2.05, 4.69) is 10.1 Å². The molecular formula is C13H15N3O2. The number of pyridine rings is 1. The molecule has 5 heteroatoms. The molecule has 2 aromatic rings. The van der Waals surface area contributed by atoms with Crippen molar-refractivity contribution in [2.75, 3.05) is 13.2 Å². The molecule has 94 valence electrons. The third-order valence-corrected chi connectivity index (χ3v) is 2.89. The van der Waals surface area contributed by atoms with Gasteiger partial charge in [0.05, 0.1) is 18.9 Å². The first-order chi connectivity index (χ1) is 8.74. The van der Waals surface area contributed by atoms with Crippen LogP contribution in [-0.4, -0.2) is 28.0 Å². The summed E-state index contributed by atoms with van der Waals surface area (Å²) in [5.41, 5.74) is 3.00. The molecule has 0 unspecified atom stereocenters. The van der Waals surface area contributed by atoms with Gasteiger partial charge in [-0.25, -0.2) is 9.67 Å². The molecule has 2 aromatic heterocycles. The zero-order valence-corrected chi connectivity index (χ0v) is 10.5. The smallest absolute Gasteiger partial charge is 0.185 e. The van der Waals surface area contributed by atoms with Crippen LogP contribution in [-0.2, 0) is 9.47 Å². The van der Waals surface area contributed by atoms with Gasteiger partial charge in [-0.05, 0) is 32.0 Å². The van der Waals surface area contributed by atoms with Crippen LogP contribution in [0.25, 0.3) is 5.82 Å². The van der Waals surface area contributed by atoms with Crippen LogP contribution in [0.5, 0.6) is 0 Å². The van der Waals surface area contributed by atoms with Gasteiger partial charge in [0.15, 0.2) is 12.1 Å². The Kier molecular flexibility index (Phi) is 2.85. The van der Waals surface area contributed by atoms with Gasteiger partial charge in [-0.3, -0.25) is 0 Å². The van der Waals surface area contributed by atoms with Crippen LogP contribution in [0.4, 0.5) is 0 Å². The first-order valence-electron chi connectivity index (χ1n) is 5.97. The summed E-state index contributed by atoms with van der Waals surface area (Å²) in [6.45, 7) is 5.27. The summed E-state index contributed by atoms with van der Waals surface area (Å²) in [4.78, 5) is 4.41. The van der Waals surface area contributed by atoms with Crippen LogP contribution in [0.3, 0.4) is 0 Å². The van der Waals surface area contributed by atoms with Gasteiger partial charge in [-0.2, -0.15) is 5.10 Å². The largest absolute Gasteiger partial charge is 0.346 e. The lowest BCUT2D eigenvalue weighted by Gasteiger charge is -2.09. The molecule has 0 bridgehead atoms. The lowest BCUT2D eigenvalue weighted by Crippen LogP contribution is -2.04. The Morgan fingerprint density at radius 1 is 1.22 bits per heavy atom. The maximum atomic E-state index is 5.43. The van der Waals surface area contributed by atoms with Gasteiger partial charge in [-0.1, -0.05) is 0 Å². The van der Waals surface area contributed by atoms with Crippen molar-refractivity contribution >= 4 is 0 Å². The maximum absolute atomic E-state index is 5.43. The van der Waals surface area contributed by atoms with Gasteiger partial charge in [0, 0.05) is 17.5 Å². The number of nitrogens with zero attached hydrogens (tertiary/aromatic N) is 3. The van der Waals surface area contributed by atoms with Crippen molar-refractivity contribution in [2.24, 2.45) is 0 Å². The predicted octanol–water partition coefficient (Wildman–Crippen LogP) is 1.93.